The molecule has 116 valence electrons. The smallest absolute Gasteiger partial charge is 0.361 e. The molecule has 0 aliphatic rings. The maximum absolute atomic E-state index is 11.9. The average molecular weight is 331 g/mol. The predicted molar refractivity (Wildman–Crippen MR) is 82.5 cm³/mol. The fraction of sp³-hybridized carbons (Fsp3) is 0.0667. The van der Waals surface area contributed by atoms with E-state index < -0.39 is 5.97 Å². The second-order valence-corrected chi connectivity index (χ2v) is 4.99. The van der Waals surface area contributed by atoms with Crippen LogP contribution in [-0.4, -0.2) is 21.1 Å². The standard InChI is InChI=1S/C15H11ClN4O3/c16-10-3-1-9(2-4-10)12-7-11(23-20-12)8-22-15(21)13-14(17)19-6-5-18-13/h1-7H,8H2,(H2,17,19). The van der Waals surface area contributed by atoms with Crippen LogP contribution < -0.4 is 5.73 Å². The van der Waals surface area contributed by atoms with Crippen LogP contribution in [0.15, 0.2) is 47.2 Å². The molecule has 0 atom stereocenters. The fourth-order valence-electron chi connectivity index (χ4n) is 1.85. The second-order valence-electron chi connectivity index (χ2n) is 4.55. The monoisotopic (exact) mass is 330 g/mol. The molecular weight excluding hydrogens is 320 g/mol. The summed E-state index contributed by atoms with van der Waals surface area (Å²) in [6.45, 7) is -0.0879. The summed E-state index contributed by atoms with van der Waals surface area (Å²) in [5.41, 5.74) is 6.98. The lowest BCUT2D eigenvalue weighted by atomic mass is 10.1. The number of nitrogens with two attached hydrogens (primary N) is 1. The molecule has 0 saturated carbocycles. The Balaban J connectivity index is 1.67. The van der Waals surface area contributed by atoms with Crippen LogP contribution in [0, 0.1) is 0 Å². The number of anilines is 1. The number of halogens is 1. The van der Waals surface area contributed by atoms with Gasteiger partial charge in [0.1, 0.15) is 5.69 Å². The summed E-state index contributed by atoms with van der Waals surface area (Å²) >= 11 is 5.84. The molecule has 1 aromatic carbocycles. The molecule has 3 aromatic rings. The Kier molecular flexibility index (Phi) is 4.20. The molecule has 0 bridgehead atoms. The van der Waals surface area contributed by atoms with Gasteiger partial charge in [-0.2, -0.15) is 0 Å². The molecule has 0 spiro atoms. The van der Waals surface area contributed by atoms with Crippen LogP contribution >= 0.6 is 11.6 Å². The van der Waals surface area contributed by atoms with Crippen molar-refractivity contribution in [1.82, 2.24) is 15.1 Å². The van der Waals surface area contributed by atoms with E-state index in [1.54, 1.807) is 18.2 Å². The molecular formula is C15H11ClN4O3. The van der Waals surface area contributed by atoms with Gasteiger partial charge in [-0.25, -0.2) is 14.8 Å². The fourth-order valence-corrected chi connectivity index (χ4v) is 1.97. The summed E-state index contributed by atoms with van der Waals surface area (Å²) in [6, 6.07) is 8.81. The van der Waals surface area contributed by atoms with Crippen molar-refractivity contribution in [1.29, 1.82) is 0 Å². The van der Waals surface area contributed by atoms with Gasteiger partial charge in [0.2, 0.25) is 0 Å². The molecule has 7 nitrogen and oxygen atoms in total. The molecule has 2 aromatic heterocycles. The van der Waals surface area contributed by atoms with Gasteiger partial charge in [-0.1, -0.05) is 28.9 Å². The Morgan fingerprint density at radius 2 is 1.96 bits per heavy atom. The predicted octanol–water partition coefficient (Wildman–Crippen LogP) is 2.72. The Labute approximate surface area is 136 Å². The third-order valence-electron chi connectivity index (χ3n) is 2.96. The zero-order valence-electron chi connectivity index (χ0n) is 11.8. The molecule has 8 heteroatoms. The number of nitrogen functional groups attached to an aromatic ring is 1. The number of rotatable bonds is 4. The molecule has 0 saturated heterocycles. The van der Waals surface area contributed by atoms with E-state index in [1.165, 1.54) is 12.4 Å². The average Bonchev–Trinajstić information content (AvgIpc) is 3.03. The zero-order valence-corrected chi connectivity index (χ0v) is 12.5. The van der Waals surface area contributed by atoms with E-state index in [0.29, 0.717) is 16.5 Å². The molecule has 23 heavy (non-hydrogen) atoms. The van der Waals surface area contributed by atoms with E-state index in [-0.39, 0.29) is 18.1 Å². The third-order valence-corrected chi connectivity index (χ3v) is 3.22. The number of ether oxygens (including phenoxy) is 1. The first-order chi connectivity index (χ1) is 11.1. The summed E-state index contributed by atoms with van der Waals surface area (Å²) in [6.07, 6.45) is 2.75. The Morgan fingerprint density at radius 1 is 1.22 bits per heavy atom. The van der Waals surface area contributed by atoms with Crippen LogP contribution in [0.2, 0.25) is 5.02 Å². The highest BCUT2D eigenvalue weighted by Gasteiger charge is 2.15. The van der Waals surface area contributed by atoms with E-state index in [0.717, 1.165) is 5.56 Å². The van der Waals surface area contributed by atoms with Gasteiger partial charge in [0.25, 0.3) is 0 Å². The van der Waals surface area contributed by atoms with Crippen LogP contribution in [0.5, 0.6) is 0 Å². The lowest BCUT2D eigenvalue weighted by Crippen LogP contribution is -2.11. The van der Waals surface area contributed by atoms with Crippen molar-refractivity contribution in [3.63, 3.8) is 0 Å². The minimum Gasteiger partial charge on any atom is -0.453 e. The first-order valence-electron chi connectivity index (χ1n) is 6.58. The molecule has 0 radical (unpaired) electrons. The maximum atomic E-state index is 11.9. The number of carbonyl (C=O) groups is 1. The highest BCUT2D eigenvalue weighted by molar-refractivity contribution is 6.30. The van der Waals surface area contributed by atoms with E-state index >= 15 is 0 Å². The molecule has 0 fully saturated rings. The largest absolute Gasteiger partial charge is 0.453 e. The van der Waals surface area contributed by atoms with E-state index in [9.17, 15) is 4.79 Å². The van der Waals surface area contributed by atoms with Crippen LogP contribution in [0.4, 0.5) is 5.82 Å². The topological polar surface area (TPSA) is 104 Å². The van der Waals surface area contributed by atoms with Crippen molar-refractivity contribution in [3.8, 4) is 11.3 Å². The summed E-state index contributed by atoms with van der Waals surface area (Å²) in [4.78, 5) is 19.5. The van der Waals surface area contributed by atoms with Gasteiger partial charge in [-0.05, 0) is 12.1 Å². The minimum absolute atomic E-state index is 0.0110. The number of hydrogen-bond donors (Lipinski definition) is 1. The molecule has 0 amide bonds. The van der Waals surface area contributed by atoms with Crippen molar-refractivity contribution in [3.05, 3.63) is 59.2 Å². The number of aromatic nitrogens is 3. The number of carbonyl (C=O) groups excluding carboxylic acids is 1. The Bertz CT molecular complexity index is 833. The quantitative estimate of drug-likeness (QED) is 0.733. The van der Waals surface area contributed by atoms with Gasteiger partial charge < -0.3 is 15.0 Å². The van der Waals surface area contributed by atoms with Gasteiger partial charge in [0, 0.05) is 29.0 Å². The van der Waals surface area contributed by atoms with Gasteiger partial charge in [0.15, 0.2) is 23.9 Å². The zero-order chi connectivity index (χ0) is 16.2. The van der Waals surface area contributed by atoms with Crippen LogP contribution in [0.25, 0.3) is 11.3 Å². The van der Waals surface area contributed by atoms with E-state index in [1.807, 2.05) is 12.1 Å². The summed E-state index contributed by atoms with van der Waals surface area (Å²) in [7, 11) is 0. The summed E-state index contributed by atoms with van der Waals surface area (Å²) in [5, 5.41) is 4.55. The van der Waals surface area contributed by atoms with Crippen molar-refractivity contribution < 1.29 is 14.1 Å². The Morgan fingerprint density at radius 3 is 2.70 bits per heavy atom. The van der Waals surface area contributed by atoms with Gasteiger partial charge >= 0.3 is 5.97 Å². The van der Waals surface area contributed by atoms with Crippen LogP contribution in [0.3, 0.4) is 0 Å². The van der Waals surface area contributed by atoms with Crippen LogP contribution in [0.1, 0.15) is 16.2 Å². The van der Waals surface area contributed by atoms with Crippen molar-refractivity contribution in [2.75, 3.05) is 5.73 Å². The maximum Gasteiger partial charge on any atom is 0.361 e. The van der Waals surface area contributed by atoms with Crippen molar-refractivity contribution >= 4 is 23.4 Å². The Hall–Kier alpha value is -2.93. The number of hydrogen-bond acceptors (Lipinski definition) is 7. The van der Waals surface area contributed by atoms with Gasteiger partial charge in [-0.15, -0.1) is 0 Å². The van der Waals surface area contributed by atoms with E-state index in [4.69, 9.17) is 26.6 Å². The molecule has 2 heterocycles. The first-order valence-corrected chi connectivity index (χ1v) is 6.96. The first kappa shape index (κ1) is 15.0. The molecule has 0 aliphatic carbocycles. The van der Waals surface area contributed by atoms with Gasteiger partial charge in [0.05, 0.1) is 0 Å². The summed E-state index contributed by atoms with van der Waals surface area (Å²) < 4.78 is 10.2. The van der Waals surface area contributed by atoms with Gasteiger partial charge in [-0.3, -0.25) is 0 Å². The lowest BCUT2D eigenvalue weighted by molar-refractivity contribution is 0.0431. The van der Waals surface area contributed by atoms with Crippen molar-refractivity contribution in [2.24, 2.45) is 0 Å². The summed E-state index contributed by atoms with van der Waals surface area (Å²) in [5.74, 6) is -0.275. The number of esters is 1. The minimum atomic E-state index is -0.681. The molecule has 2 N–H and O–H groups in total. The van der Waals surface area contributed by atoms with Crippen molar-refractivity contribution in [2.45, 2.75) is 6.61 Å². The second kappa shape index (κ2) is 6.45. The SMILES string of the molecule is Nc1nccnc1C(=O)OCc1cc(-c2ccc(Cl)cc2)no1. The van der Waals surface area contributed by atoms with E-state index in [2.05, 4.69) is 15.1 Å². The highest BCUT2D eigenvalue weighted by atomic mass is 35.5. The molecule has 3 rings (SSSR count). The normalized spacial score (nSPS) is 10.5. The number of nitrogens with zero attached hydrogens (tertiary/aromatic N) is 3. The highest BCUT2D eigenvalue weighted by Crippen LogP contribution is 2.21. The molecule has 0 unspecified atom stereocenters. The molecule has 0 aliphatic heterocycles. The van der Waals surface area contributed by atoms with Crippen LogP contribution in [-0.2, 0) is 11.3 Å². The lowest BCUT2D eigenvalue weighted by Gasteiger charge is -2.02. The number of benzene rings is 1. The third kappa shape index (κ3) is 3.46.